The van der Waals surface area contributed by atoms with Gasteiger partial charge >= 0.3 is 0 Å². The number of imide groups is 1. The summed E-state index contributed by atoms with van der Waals surface area (Å²) in [6.07, 6.45) is 0.416. The van der Waals surface area contributed by atoms with Crippen molar-refractivity contribution in [1.29, 1.82) is 0 Å². The van der Waals surface area contributed by atoms with Crippen LogP contribution in [0.5, 0.6) is 5.75 Å². The van der Waals surface area contributed by atoms with Gasteiger partial charge in [0.15, 0.2) is 5.82 Å². The van der Waals surface area contributed by atoms with Crippen LogP contribution in [0.2, 0.25) is 0 Å². The summed E-state index contributed by atoms with van der Waals surface area (Å²) in [5.41, 5.74) is 2.25. The fourth-order valence-electron chi connectivity index (χ4n) is 5.11. The third-order valence-corrected chi connectivity index (χ3v) is 7.23. The monoisotopic (exact) mass is 502 g/mol. The molecule has 3 N–H and O–H groups in total. The number of rotatable bonds is 6. The van der Waals surface area contributed by atoms with Crippen molar-refractivity contribution < 1.29 is 28.6 Å². The lowest BCUT2D eigenvalue weighted by Gasteiger charge is -2.29. The third kappa shape index (κ3) is 4.71. The second kappa shape index (κ2) is 10.2. The maximum Gasteiger partial charge on any atom is 0.255 e. The highest BCUT2D eigenvalue weighted by Crippen LogP contribution is 2.32. The average molecular weight is 502 g/mol. The molecule has 3 amide bonds. The summed E-state index contributed by atoms with van der Waals surface area (Å²) in [6.45, 7) is 2.90. The van der Waals surface area contributed by atoms with Gasteiger partial charge in [-0.05, 0) is 29.6 Å². The number of phenolic OH excluding ortho intramolecular Hbond substituents is 1. The molecule has 3 heterocycles. The Morgan fingerprint density at radius 2 is 1.89 bits per heavy atom. The first-order valence-corrected chi connectivity index (χ1v) is 12.1. The van der Waals surface area contributed by atoms with Gasteiger partial charge in [0, 0.05) is 61.5 Å². The first-order chi connectivity index (χ1) is 17.8. The zero-order chi connectivity index (χ0) is 26.3. The molecular weight excluding hydrogens is 477 g/mol. The highest BCUT2D eigenvalue weighted by atomic mass is 19.1. The topological polar surface area (TPSA) is 111 Å². The smallest absolute Gasteiger partial charge is 0.255 e. The van der Waals surface area contributed by atoms with Gasteiger partial charge in [0.05, 0.1) is 13.2 Å². The highest BCUT2D eigenvalue weighted by Gasteiger charge is 2.39. The fourth-order valence-corrected chi connectivity index (χ4v) is 5.11. The van der Waals surface area contributed by atoms with E-state index in [1.165, 1.54) is 4.90 Å². The number of phenols is 1. The second-order valence-corrected chi connectivity index (χ2v) is 9.42. The molecule has 4 radical (unpaired) electrons. The van der Waals surface area contributed by atoms with Crippen LogP contribution in [0.25, 0.3) is 0 Å². The van der Waals surface area contributed by atoms with Crippen LogP contribution < -0.4 is 21.6 Å². The first-order valence-electron chi connectivity index (χ1n) is 12.1. The number of halogens is 1. The SMILES string of the molecule is [B]c1c(O)c(F)c(CNc2cccc3c2CN(C2CCC(=O)NC2=O)C3=O)c([B])c1CN1CCOCC1. The van der Waals surface area contributed by atoms with Crippen LogP contribution in [-0.4, -0.2) is 80.7 Å². The number of morpholine rings is 1. The Labute approximate surface area is 216 Å². The molecule has 2 fully saturated rings. The number of nitrogens with one attached hydrogen (secondary N) is 2. The van der Waals surface area contributed by atoms with Gasteiger partial charge in [0.2, 0.25) is 11.8 Å². The van der Waals surface area contributed by atoms with E-state index in [1.54, 1.807) is 18.2 Å². The van der Waals surface area contributed by atoms with Gasteiger partial charge in [-0.15, -0.1) is 0 Å². The standard InChI is InChI=1S/C25H25B2FN4O5/c26-20-14(22(28)23(34)21(27)16(20)11-31-6-8-37-9-7-31)10-29-17-3-1-2-13-15(17)12-32(25(13)36)18-4-5-19(33)30-24(18)35/h1-3,18,29,34H,4-12H2,(H,30,33,35). The summed E-state index contributed by atoms with van der Waals surface area (Å²) in [7, 11) is 12.4. The lowest BCUT2D eigenvalue weighted by Crippen LogP contribution is -2.52. The van der Waals surface area contributed by atoms with E-state index in [0.29, 0.717) is 55.2 Å². The summed E-state index contributed by atoms with van der Waals surface area (Å²) >= 11 is 0. The largest absolute Gasteiger partial charge is 0.505 e. The van der Waals surface area contributed by atoms with Gasteiger partial charge in [0.1, 0.15) is 27.5 Å². The van der Waals surface area contributed by atoms with Gasteiger partial charge in [-0.25, -0.2) is 4.39 Å². The average Bonchev–Trinajstić information content (AvgIpc) is 3.23. The zero-order valence-electron chi connectivity index (χ0n) is 20.2. The lowest BCUT2D eigenvalue weighted by molar-refractivity contribution is -0.136. The van der Waals surface area contributed by atoms with Gasteiger partial charge in [0.25, 0.3) is 5.91 Å². The molecule has 2 aromatic carbocycles. The molecule has 2 saturated heterocycles. The summed E-state index contributed by atoms with van der Waals surface area (Å²) in [5.74, 6) is -2.70. The summed E-state index contributed by atoms with van der Waals surface area (Å²) in [5, 5.41) is 15.8. The lowest BCUT2D eigenvalue weighted by atomic mass is 9.76. The van der Waals surface area contributed by atoms with E-state index in [-0.39, 0.29) is 54.2 Å². The number of piperidine rings is 1. The van der Waals surface area contributed by atoms with Crippen molar-refractivity contribution in [3.05, 3.63) is 46.3 Å². The van der Waals surface area contributed by atoms with Crippen molar-refractivity contribution >= 4 is 50.0 Å². The molecule has 37 heavy (non-hydrogen) atoms. The van der Waals surface area contributed by atoms with Gasteiger partial charge in [-0.2, -0.15) is 0 Å². The number of aromatic hydroxyl groups is 1. The molecule has 12 heteroatoms. The van der Waals surface area contributed by atoms with Crippen LogP contribution in [0, 0.1) is 5.82 Å². The third-order valence-electron chi connectivity index (χ3n) is 7.23. The van der Waals surface area contributed by atoms with Crippen molar-refractivity contribution in [3.8, 4) is 5.75 Å². The minimum Gasteiger partial charge on any atom is -0.505 e. The summed E-state index contributed by atoms with van der Waals surface area (Å²) in [6, 6.07) is 4.37. The predicted octanol–water partition coefficient (Wildman–Crippen LogP) is -0.676. The molecule has 3 aliphatic rings. The van der Waals surface area contributed by atoms with Crippen LogP contribution in [0.3, 0.4) is 0 Å². The minimum absolute atomic E-state index is 0.0648. The van der Waals surface area contributed by atoms with Crippen LogP contribution in [0.4, 0.5) is 10.1 Å². The minimum atomic E-state index is -0.901. The number of ether oxygens (including phenoxy) is 1. The molecule has 0 aromatic heterocycles. The van der Waals surface area contributed by atoms with E-state index in [4.69, 9.17) is 20.4 Å². The van der Waals surface area contributed by atoms with Crippen molar-refractivity contribution in [3.63, 3.8) is 0 Å². The van der Waals surface area contributed by atoms with E-state index >= 15 is 4.39 Å². The Morgan fingerprint density at radius 1 is 1.14 bits per heavy atom. The number of amides is 3. The Morgan fingerprint density at radius 3 is 2.62 bits per heavy atom. The van der Waals surface area contributed by atoms with Crippen molar-refractivity contribution in [2.75, 3.05) is 31.6 Å². The quantitative estimate of drug-likeness (QED) is 0.355. The van der Waals surface area contributed by atoms with Crippen molar-refractivity contribution in [1.82, 2.24) is 15.1 Å². The molecule has 1 atom stereocenters. The number of carbonyl (C=O) groups excluding carboxylic acids is 3. The number of anilines is 1. The molecule has 0 saturated carbocycles. The summed E-state index contributed by atoms with van der Waals surface area (Å²) in [4.78, 5) is 40.5. The Balaban J connectivity index is 1.38. The van der Waals surface area contributed by atoms with Gasteiger partial charge in [-0.1, -0.05) is 11.5 Å². The van der Waals surface area contributed by atoms with Crippen LogP contribution in [-0.2, 0) is 34.0 Å². The zero-order valence-corrected chi connectivity index (χ0v) is 20.2. The van der Waals surface area contributed by atoms with Crippen molar-refractivity contribution in [2.24, 2.45) is 0 Å². The molecular formula is C25H25B2FN4O5. The molecule has 5 rings (SSSR count). The van der Waals surface area contributed by atoms with E-state index in [0.717, 1.165) is 0 Å². The Hall–Kier alpha value is -3.37. The fraction of sp³-hybridized carbons (Fsp3) is 0.400. The number of hydrogen-bond donors (Lipinski definition) is 3. The molecule has 9 nitrogen and oxygen atoms in total. The highest BCUT2D eigenvalue weighted by molar-refractivity contribution is 6.41. The Bertz CT molecular complexity index is 1280. The van der Waals surface area contributed by atoms with Gasteiger partial charge in [-0.3, -0.25) is 24.6 Å². The van der Waals surface area contributed by atoms with Crippen LogP contribution in [0.15, 0.2) is 18.2 Å². The molecule has 3 aliphatic heterocycles. The van der Waals surface area contributed by atoms with Gasteiger partial charge < -0.3 is 20.1 Å². The van der Waals surface area contributed by atoms with E-state index in [2.05, 4.69) is 15.5 Å². The molecule has 188 valence electrons. The molecule has 2 aromatic rings. The normalized spacial score (nSPS) is 20.2. The number of benzene rings is 2. The number of hydrogen-bond acceptors (Lipinski definition) is 7. The molecule has 0 spiro atoms. The predicted molar refractivity (Wildman–Crippen MR) is 135 cm³/mol. The van der Waals surface area contributed by atoms with E-state index < -0.39 is 23.5 Å². The number of carbonyl (C=O) groups is 3. The molecule has 0 bridgehead atoms. The summed E-state index contributed by atoms with van der Waals surface area (Å²) < 4.78 is 20.4. The molecule has 0 aliphatic carbocycles. The maximum atomic E-state index is 15.1. The second-order valence-electron chi connectivity index (χ2n) is 9.42. The number of fused-ring (bicyclic) bond motifs is 1. The van der Waals surface area contributed by atoms with E-state index in [9.17, 15) is 19.5 Å². The molecule has 1 unspecified atom stereocenters. The van der Waals surface area contributed by atoms with E-state index in [1.807, 2.05) is 0 Å². The Kier molecular flexibility index (Phi) is 6.96. The van der Waals surface area contributed by atoms with Crippen LogP contribution >= 0.6 is 0 Å². The maximum absolute atomic E-state index is 15.1. The number of nitrogens with zero attached hydrogens (tertiary/aromatic N) is 2. The van der Waals surface area contributed by atoms with Crippen LogP contribution in [0.1, 0.15) is 39.9 Å². The van der Waals surface area contributed by atoms with Crippen molar-refractivity contribution in [2.45, 2.75) is 38.5 Å². The first kappa shape index (κ1) is 25.3.